The fourth-order valence-corrected chi connectivity index (χ4v) is 2.52. The third-order valence-electron chi connectivity index (χ3n) is 3.69. The Kier molecular flexibility index (Phi) is 5.16. The second-order valence-electron chi connectivity index (χ2n) is 5.31. The molecule has 106 valence electrons. The van der Waals surface area contributed by atoms with Gasteiger partial charge in [0, 0.05) is 32.4 Å². The van der Waals surface area contributed by atoms with Gasteiger partial charge in [0.25, 0.3) is 0 Å². The van der Waals surface area contributed by atoms with Crippen molar-refractivity contribution in [3.05, 3.63) is 23.4 Å². The maximum absolute atomic E-state index is 5.78. The van der Waals surface area contributed by atoms with Crippen LogP contribution in [0.5, 0.6) is 0 Å². The average molecular weight is 263 g/mol. The number of pyridine rings is 1. The minimum absolute atomic E-state index is 0.359. The molecule has 0 spiro atoms. The maximum Gasteiger partial charge on any atom is 0.128 e. The smallest absolute Gasteiger partial charge is 0.128 e. The molecule has 1 aromatic heterocycles. The van der Waals surface area contributed by atoms with Gasteiger partial charge >= 0.3 is 0 Å². The van der Waals surface area contributed by atoms with E-state index in [2.05, 4.69) is 41.3 Å². The van der Waals surface area contributed by atoms with Gasteiger partial charge in [-0.2, -0.15) is 0 Å². The molecule has 0 aromatic carbocycles. The summed E-state index contributed by atoms with van der Waals surface area (Å²) in [6.07, 6.45) is 4.02. The summed E-state index contributed by atoms with van der Waals surface area (Å²) in [6.45, 7) is 4.78. The Bertz CT molecular complexity index is 402. The first-order chi connectivity index (χ1) is 9.20. The van der Waals surface area contributed by atoms with E-state index < -0.39 is 0 Å². The molecule has 1 saturated heterocycles. The second kappa shape index (κ2) is 6.87. The number of rotatable bonds is 5. The lowest BCUT2D eigenvalue weighted by Gasteiger charge is -2.28. The molecule has 0 bridgehead atoms. The van der Waals surface area contributed by atoms with Gasteiger partial charge in [-0.3, -0.25) is 0 Å². The van der Waals surface area contributed by atoms with Crippen LogP contribution in [0.3, 0.4) is 0 Å². The van der Waals surface area contributed by atoms with Gasteiger partial charge in [-0.05, 0) is 44.9 Å². The molecule has 1 fully saturated rings. The molecule has 1 atom stereocenters. The van der Waals surface area contributed by atoms with Crippen LogP contribution in [0.1, 0.15) is 30.5 Å². The van der Waals surface area contributed by atoms with E-state index in [1.54, 1.807) is 0 Å². The molecule has 0 amide bonds. The van der Waals surface area contributed by atoms with Crippen LogP contribution in [0.2, 0.25) is 0 Å². The van der Waals surface area contributed by atoms with Gasteiger partial charge in [-0.25, -0.2) is 4.98 Å². The number of aryl methyl sites for hydroxylation is 1. The van der Waals surface area contributed by atoms with Crippen molar-refractivity contribution in [1.82, 2.24) is 10.3 Å². The van der Waals surface area contributed by atoms with E-state index in [4.69, 9.17) is 4.74 Å². The second-order valence-corrected chi connectivity index (χ2v) is 5.31. The zero-order valence-corrected chi connectivity index (χ0v) is 12.3. The fraction of sp³-hybridized carbons (Fsp3) is 0.667. The standard InChI is InChI=1S/C15H25N3O/c1-12-13(10-16-2)7-8-15(17-12)18(3)11-14-6-4-5-9-19-14/h7-8,14,16H,4-6,9-11H2,1-3H3. The number of hydrogen-bond acceptors (Lipinski definition) is 4. The molecule has 1 aliphatic rings. The summed E-state index contributed by atoms with van der Waals surface area (Å²) in [5, 5.41) is 3.17. The number of anilines is 1. The van der Waals surface area contributed by atoms with Gasteiger partial charge in [0.1, 0.15) is 5.82 Å². The van der Waals surface area contributed by atoms with E-state index in [1.165, 1.54) is 24.8 Å². The van der Waals surface area contributed by atoms with Crippen LogP contribution in [0, 0.1) is 6.92 Å². The van der Waals surface area contributed by atoms with Crippen molar-refractivity contribution in [2.75, 3.05) is 32.1 Å². The predicted molar refractivity (Wildman–Crippen MR) is 78.6 cm³/mol. The Morgan fingerprint density at radius 2 is 2.26 bits per heavy atom. The van der Waals surface area contributed by atoms with Crippen LogP contribution in [0.25, 0.3) is 0 Å². The Balaban J connectivity index is 1.98. The van der Waals surface area contributed by atoms with Crippen molar-refractivity contribution in [3.63, 3.8) is 0 Å². The molecule has 4 heteroatoms. The van der Waals surface area contributed by atoms with Crippen LogP contribution < -0.4 is 10.2 Å². The summed E-state index contributed by atoms with van der Waals surface area (Å²) >= 11 is 0. The van der Waals surface area contributed by atoms with E-state index in [0.717, 1.165) is 31.2 Å². The highest BCUT2D eigenvalue weighted by molar-refractivity contribution is 5.41. The molecule has 1 unspecified atom stereocenters. The molecule has 1 aliphatic heterocycles. The van der Waals surface area contributed by atoms with Crippen molar-refractivity contribution in [2.24, 2.45) is 0 Å². The van der Waals surface area contributed by atoms with Gasteiger partial charge in [0.2, 0.25) is 0 Å². The minimum Gasteiger partial charge on any atom is -0.376 e. The van der Waals surface area contributed by atoms with E-state index >= 15 is 0 Å². The molecule has 0 saturated carbocycles. The van der Waals surface area contributed by atoms with E-state index in [0.29, 0.717) is 6.10 Å². The van der Waals surface area contributed by atoms with Gasteiger partial charge < -0.3 is 15.0 Å². The minimum atomic E-state index is 0.359. The number of nitrogens with one attached hydrogen (secondary N) is 1. The van der Waals surface area contributed by atoms with Gasteiger partial charge in [-0.15, -0.1) is 0 Å². The largest absolute Gasteiger partial charge is 0.376 e. The zero-order valence-electron chi connectivity index (χ0n) is 12.3. The average Bonchev–Trinajstić information content (AvgIpc) is 2.42. The van der Waals surface area contributed by atoms with E-state index in [9.17, 15) is 0 Å². The Labute approximate surface area is 116 Å². The first kappa shape index (κ1) is 14.3. The molecule has 1 aromatic rings. The highest BCUT2D eigenvalue weighted by atomic mass is 16.5. The van der Waals surface area contributed by atoms with Crippen molar-refractivity contribution in [2.45, 2.75) is 38.8 Å². The predicted octanol–water partition coefficient (Wildman–Crippen LogP) is 2.11. The summed E-state index contributed by atoms with van der Waals surface area (Å²) in [6, 6.07) is 4.26. The van der Waals surface area contributed by atoms with Crippen LogP contribution in [-0.2, 0) is 11.3 Å². The van der Waals surface area contributed by atoms with Crippen molar-refractivity contribution in [3.8, 4) is 0 Å². The Morgan fingerprint density at radius 1 is 1.42 bits per heavy atom. The molecule has 19 heavy (non-hydrogen) atoms. The van der Waals surface area contributed by atoms with Gasteiger partial charge in [0.15, 0.2) is 0 Å². The molecular weight excluding hydrogens is 238 g/mol. The third-order valence-corrected chi connectivity index (χ3v) is 3.69. The Morgan fingerprint density at radius 3 is 2.89 bits per heavy atom. The highest BCUT2D eigenvalue weighted by Crippen LogP contribution is 2.18. The number of likely N-dealkylation sites (N-methyl/N-ethyl adjacent to an activating group) is 1. The molecular formula is C15H25N3O. The van der Waals surface area contributed by atoms with Crippen molar-refractivity contribution in [1.29, 1.82) is 0 Å². The molecule has 0 radical (unpaired) electrons. The summed E-state index contributed by atoms with van der Waals surface area (Å²) < 4.78 is 5.78. The first-order valence-electron chi connectivity index (χ1n) is 7.14. The SMILES string of the molecule is CNCc1ccc(N(C)CC2CCCCO2)nc1C. The van der Waals surface area contributed by atoms with Gasteiger partial charge in [0.05, 0.1) is 6.10 Å². The normalized spacial score (nSPS) is 19.4. The zero-order chi connectivity index (χ0) is 13.7. The number of nitrogens with zero attached hydrogens (tertiary/aromatic N) is 2. The van der Waals surface area contributed by atoms with Crippen LogP contribution in [0.4, 0.5) is 5.82 Å². The summed E-state index contributed by atoms with van der Waals surface area (Å²) in [4.78, 5) is 6.89. The van der Waals surface area contributed by atoms with E-state index in [-0.39, 0.29) is 0 Å². The molecule has 2 rings (SSSR count). The van der Waals surface area contributed by atoms with Crippen LogP contribution >= 0.6 is 0 Å². The molecule has 1 N–H and O–H groups in total. The Hall–Kier alpha value is -1.13. The maximum atomic E-state index is 5.78. The lowest BCUT2D eigenvalue weighted by molar-refractivity contribution is 0.0215. The lowest BCUT2D eigenvalue weighted by atomic mass is 10.1. The van der Waals surface area contributed by atoms with Crippen molar-refractivity contribution >= 4 is 5.82 Å². The highest BCUT2D eigenvalue weighted by Gasteiger charge is 2.16. The topological polar surface area (TPSA) is 37.4 Å². The van der Waals surface area contributed by atoms with Gasteiger partial charge in [-0.1, -0.05) is 6.07 Å². The molecule has 4 nitrogen and oxygen atoms in total. The fourth-order valence-electron chi connectivity index (χ4n) is 2.52. The van der Waals surface area contributed by atoms with Crippen LogP contribution in [0.15, 0.2) is 12.1 Å². The lowest BCUT2D eigenvalue weighted by Crippen LogP contribution is -2.33. The third kappa shape index (κ3) is 3.91. The van der Waals surface area contributed by atoms with E-state index in [1.807, 2.05) is 7.05 Å². The monoisotopic (exact) mass is 263 g/mol. The summed E-state index contributed by atoms with van der Waals surface area (Å²) in [7, 11) is 4.05. The number of aromatic nitrogens is 1. The van der Waals surface area contributed by atoms with Crippen LogP contribution in [-0.4, -0.2) is 38.3 Å². The molecule has 0 aliphatic carbocycles. The summed E-state index contributed by atoms with van der Waals surface area (Å²) in [5.74, 6) is 1.03. The van der Waals surface area contributed by atoms with Crippen molar-refractivity contribution < 1.29 is 4.74 Å². The number of hydrogen-bond donors (Lipinski definition) is 1. The first-order valence-corrected chi connectivity index (χ1v) is 7.14. The summed E-state index contributed by atoms with van der Waals surface area (Å²) in [5.41, 5.74) is 2.36. The molecule has 2 heterocycles. The quantitative estimate of drug-likeness (QED) is 0.883. The number of ether oxygens (including phenoxy) is 1.